The highest BCUT2D eigenvalue weighted by Gasteiger charge is 2.67. The molecule has 3 fully saturated rings. The van der Waals surface area contributed by atoms with E-state index >= 15 is 0 Å². The van der Waals surface area contributed by atoms with Gasteiger partial charge in [-0.25, -0.2) is 0 Å². The van der Waals surface area contributed by atoms with Crippen LogP contribution in [0.2, 0.25) is 0 Å². The van der Waals surface area contributed by atoms with Crippen LogP contribution in [0.15, 0.2) is 0 Å². The monoisotopic (exact) mass is 138 g/mol. The maximum Gasteiger partial charge on any atom is 0.312 e. The van der Waals surface area contributed by atoms with Gasteiger partial charge < -0.3 is 4.74 Å². The van der Waals surface area contributed by atoms with Crippen LogP contribution in [0.1, 0.15) is 32.1 Å². The van der Waals surface area contributed by atoms with E-state index in [-0.39, 0.29) is 17.0 Å². The van der Waals surface area contributed by atoms with Crippen molar-refractivity contribution in [3.8, 4) is 0 Å². The summed E-state index contributed by atoms with van der Waals surface area (Å²) in [5.41, 5.74) is 0.0527. The van der Waals surface area contributed by atoms with Gasteiger partial charge in [-0.15, -0.1) is 0 Å². The Morgan fingerprint density at radius 2 is 1.90 bits per heavy atom. The van der Waals surface area contributed by atoms with E-state index in [0.717, 1.165) is 32.1 Å². The second kappa shape index (κ2) is 1.13. The second-order valence-corrected chi connectivity index (χ2v) is 4.03. The van der Waals surface area contributed by atoms with Gasteiger partial charge in [0, 0.05) is 6.42 Å². The third-order valence-electron chi connectivity index (χ3n) is 3.52. The lowest BCUT2D eigenvalue weighted by molar-refractivity contribution is -0.168. The van der Waals surface area contributed by atoms with Crippen LogP contribution >= 0.6 is 0 Å². The highest BCUT2D eigenvalue weighted by Crippen LogP contribution is 2.64. The largest absolute Gasteiger partial charge is 0.459 e. The van der Waals surface area contributed by atoms with Gasteiger partial charge in [0.05, 0.1) is 5.41 Å². The molecule has 0 aromatic rings. The number of carbonyl (C=O) groups is 1. The zero-order valence-corrected chi connectivity index (χ0v) is 5.85. The van der Waals surface area contributed by atoms with E-state index in [2.05, 4.69) is 0 Å². The van der Waals surface area contributed by atoms with Gasteiger partial charge in [-0.1, -0.05) is 0 Å². The molecule has 2 saturated carbocycles. The van der Waals surface area contributed by atoms with Gasteiger partial charge in [0.25, 0.3) is 0 Å². The van der Waals surface area contributed by atoms with Crippen LogP contribution in [0, 0.1) is 5.41 Å². The Morgan fingerprint density at radius 3 is 2.10 bits per heavy atom. The molecule has 1 saturated heterocycles. The molecule has 2 aliphatic carbocycles. The summed E-state index contributed by atoms with van der Waals surface area (Å²) in [6, 6.07) is 0. The minimum Gasteiger partial charge on any atom is -0.459 e. The zero-order valence-electron chi connectivity index (χ0n) is 5.85. The molecular weight excluding hydrogens is 128 g/mol. The Kier molecular flexibility index (Phi) is 0.582. The Labute approximate surface area is 59.6 Å². The van der Waals surface area contributed by atoms with Crippen LogP contribution in [-0.4, -0.2) is 11.6 Å². The SMILES string of the molecule is O=C1OC23CCC1(CC2)C3. The van der Waals surface area contributed by atoms with Crippen molar-refractivity contribution < 1.29 is 9.53 Å². The fraction of sp³-hybridized carbons (Fsp3) is 0.875. The van der Waals surface area contributed by atoms with E-state index in [0.29, 0.717) is 0 Å². The molecule has 2 bridgehead atoms. The van der Waals surface area contributed by atoms with E-state index in [4.69, 9.17) is 4.74 Å². The highest BCUT2D eigenvalue weighted by molar-refractivity contribution is 5.82. The first-order chi connectivity index (χ1) is 4.75. The third kappa shape index (κ3) is 0.337. The topological polar surface area (TPSA) is 26.3 Å². The van der Waals surface area contributed by atoms with Crippen molar-refractivity contribution in [1.82, 2.24) is 0 Å². The lowest BCUT2D eigenvalue weighted by Gasteiger charge is -2.33. The average Bonchev–Trinajstić information content (AvgIpc) is 2.48. The molecular formula is C8H10O2. The lowest BCUT2D eigenvalue weighted by atomic mass is 9.82. The van der Waals surface area contributed by atoms with Crippen LogP contribution in [0.3, 0.4) is 0 Å². The molecule has 0 spiro atoms. The molecule has 0 aromatic heterocycles. The highest BCUT2D eigenvalue weighted by atomic mass is 16.6. The maximum atomic E-state index is 11.2. The fourth-order valence-corrected chi connectivity index (χ4v) is 2.87. The van der Waals surface area contributed by atoms with Gasteiger partial charge in [0.2, 0.25) is 0 Å². The van der Waals surface area contributed by atoms with Crippen LogP contribution in [0.5, 0.6) is 0 Å². The van der Waals surface area contributed by atoms with E-state index in [1.54, 1.807) is 0 Å². The molecule has 54 valence electrons. The first-order valence-corrected chi connectivity index (χ1v) is 3.98. The maximum absolute atomic E-state index is 11.2. The zero-order chi connectivity index (χ0) is 6.82. The van der Waals surface area contributed by atoms with Crippen LogP contribution in [-0.2, 0) is 9.53 Å². The fourth-order valence-electron chi connectivity index (χ4n) is 2.87. The first kappa shape index (κ1) is 5.16. The third-order valence-corrected chi connectivity index (χ3v) is 3.52. The molecule has 0 atom stereocenters. The van der Waals surface area contributed by atoms with Crippen molar-refractivity contribution in [2.24, 2.45) is 5.41 Å². The summed E-state index contributed by atoms with van der Waals surface area (Å²) in [7, 11) is 0. The summed E-state index contributed by atoms with van der Waals surface area (Å²) < 4.78 is 5.30. The second-order valence-electron chi connectivity index (χ2n) is 4.03. The van der Waals surface area contributed by atoms with E-state index < -0.39 is 0 Å². The predicted molar refractivity (Wildman–Crippen MR) is 34.3 cm³/mol. The number of rotatable bonds is 0. The molecule has 1 heterocycles. The number of hydrogen-bond donors (Lipinski definition) is 0. The summed E-state index contributed by atoms with van der Waals surface area (Å²) in [5, 5.41) is 0. The summed E-state index contributed by atoms with van der Waals surface area (Å²) in [6.07, 6.45) is 5.52. The van der Waals surface area contributed by atoms with Gasteiger partial charge in [-0.2, -0.15) is 0 Å². The quantitative estimate of drug-likeness (QED) is 0.471. The van der Waals surface area contributed by atoms with E-state index in [9.17, 15) is 4.79 Å². The molecule has 0 radical (unpaired) electrons. The molecule has 3 aliphatic rings. The van der Waals surface area contributed by atoms with Crippen molar-refractivity contribution >= 4 is 5.97 Å². The summed E-state index contributed by atoms with van der Waals surface area (Å²) in [5.74, 6) is 0.102. The van der Waals surface area contributed by atoms with E-state index in [1.807, 2.05) is 0 Å². The number of esters is 1. The number of carbonyl (C=O) groups excluding carboxylic acids is 1. The summed E-state index contributed by atoms with van der Waals surface area (Å²) in [6.45, 7) is 0. The van der Waals surface area contributed by atoms with Crippen molar-refractivity contribution in [1.29, 1.82) is 0 Å². The Morgan fingerprint density at radius 1 is 1.20 bits per heavy atom. The van der Waals surface area contributed by atoms with Crippen molar-refractivity contribution in [2.45, 2.75) is 37.7 Å². The van der Waals surface area contributed by atoms with Crippen LogP contribution in [0.25, 0.3) is 0 Å². The smallest absolute Gasteiger partial charge is 0.312 e. The predicted octanol–water partition coefficient (Wildman–Crippen LogP) is 1.25. The van der Waals surface area contributed by atoms with Crippen LogP contribution in [0.4, 0.5) is 0 Å². The van der Waals surface area contributed by atoms with Crippen LogP contribution < -0.4 is 0 Å². The molecule has 2 nitrogen and oxygen atoms in total. The summed E-state index contributed by atoms with van der Waals surface area (Å²) in [4.78, 5) is 11.2. The lowest BCUT2D eigenvalue weighted by Crippen LogP contribution is -2.37. The van der Waals surface area contributed by atoms with Crippen molar-refractivity contribution in [3.63, 3.8) is 0 Å². The molecule has 3 rings (SSSR count). The Hall–Kier alpha value is -0.530. The van der Waals surface area contributed by atoms with Gasteiger partial charge in [-0.3, -0.25) is 4.79 Å². The Bertz CT molecular complexity index is 211. The summed E-state index contributed by atoms with van der Waals surface area (Å²) >= 11 is 0. The van der Waals surface area contributed by atoms with Crippen molar-refractivity contribution in [3.05, 3.63) is 0 Å². The van der Waals surface area contributed by atoms with Gasteiger partial charge in [-0.05, 0) is 25.7 Å². The standard InChI is InChI=1S/C8H10O2/c9-6-7-1-3-8(5-7,10-6)4-2-7/h1-5H2. The molecule has 1 aliphatic heterocycles. The van der Waals surface area contributed by atoms with E-state index in [1.165, 1.54) is 0 Å². The molecule has 0 aromatic carbocycles. The average molecular weight is 138 g/mol. The molecule has 0 amide bonds. The molecule has 2 heteroatoms. The van der Waals surface area contributed by atoms with Gasteiger partial charge in [0.1, 0.15) is 5.60 Å². The molecule has 10 heavy (non-hydrogen) atoms. The normalized spacial score (nSPS) is 55.8. The van der Waals surface area contributed by atoms with Gasteiger partial charge >= 0.3 is 5.97 Å². The minimum atomic E-state index is 0.0139. The molecule has 0 unspecified atom stereocenters. The number of hydrogen-bond acceptors (Lipinski definition) is 2. The van der Waals surface area contributed by atoms with Gasteiger partial charge in [0.15, 0.2) is 0 Å². The molecule has 0 N–H and O–H groups in total. The van der Waals surface area contributed by atoms with Crippen molar-refractivity contribution in [2.75, 3.05) is 0 Å². The Balaban J connectivity index is 2.18. The first-order valence-electron chi connectivity index (χ1n) is 3.98. The number of ether oxygens (including phenoxy) is 1. The minimum absolute atomic E-state index is 0.0139.